The van der Waals surface area contributed by atoms with Crippen molar-refractivity contribution in [3.8, 4) is 0 Å². The predicted molar refractivity (Wildman–Crippen MR) is 74.9 cm³/mol. The highest BCUT2D eigenvalue weighted by molar-refractivity contribution is 7.32. The van der Waals surface area contributed by atoms with Gasteiger partial charge in [-0.25, -0.2) is 4.52 Å². The van der Waals surface area contributed by atoms with Crippen molar-refractivity contribution in [1.29, 1.82) is 0 Å². The van der Waals surface area contributed by atoms with E-state index in [0.717, 1.165) is 0 Å². The Morgan fingerprint density at radius 1 is 1.12 bits per heavy atom. The Bertz CT molecular complexity index is 305. The molecule has 0 saturated heterocycles. The molecular formula is C10H20O3PSi2+. The Morgan fingerprint density at radius 2 is 1.56 bits per heavy atom. The molecule has 0 aliphatic rings. The second-order valence-electron chi connectivity index (χ2n) is 4.09. The first-order valence-electron chi connectivity index (χ1n) is 5.19. The third-order valence-corrected chi connectivity index (χ3v) is 7.30. The minimum atomic E-state index is -2.51. The Balaban J connectivity index is 4.50. The van der Waals surface area contributed by atoms with Crippen LogP contribution in [0, 0.1) is 0 Å². The van der Waals surface area contributed by atoms with E-state index in [9.17, 15) is 4.57 Å². The Labute approximate surface area is 103 Å². The van der Waals surface area contributed by atoms with Crippen molar-refractivity contribution in [2.24, 2.45) is 0 Å². The molecule has 3 nitrogen and oxygen atoms in total. The number of hydrogen-bond donors (Lipinski definition) is 1. The SMILES string of the molecule is CC(C)=C[SiH2]C(=CO[P+](=O)O)[SiH2]C=C(C)C. The van der Waals surface area contributed by atoms with Gasteiger partial charge in [-0.2, -0.15) is 0 Å². The van der Waals surface area contributed by atoms with E-state index in [1.54, 1.807) is 0 Å². The Kier molecular flexibility index (Phi) is 8.38. The summed E-state index contributed by atoms with van der Waals surface area (Å²) in [5.74, 6) is 0. The molecule has 0 heterocycles. The summed E-state index contributed by atoms with van der Waals surface area (Å²) in [5, 5.41) is 0. The highest BCUT2D eigenvalue weighted by Crippen LogP contribution is 2.15. The Hall–Kier alpha value is -0.486. The van der Waals surface area contributed by atoms with E-state index < -0.39 is 27.3 Å². The van der Waals surface area contributed by atoms with Gasteiger partial charge in [0.1, 0.15) is 6.26 Å². The number of allylic oxidation sites excluding steroid dienone is 2. The molecule has 0 rings (SSSR count). The normalized spacial score (nSPS) is 11.7. The molecule has 0 spiro atoms. The van der Waals surface area contributed by atoms with Gasteiger partial charge in [-0.05, 0) is 27.7 Å². The molecule has 0 aromatic carbocycles. The molecule has 0 aliphatic carbocycles. The molecule has 0 fully saturated rings. The molecule has 0 saturated carbocycles. The van der Waals surface area contributed by atoms with Crippen LogP contribution in [-0.4, -0.2) is 23.9 Å². The lowest BCUT2D eigenvalue weighted by molar-refractivity contribution is 0.378. The topological polar surface area (TPSA) is 46.5 Å². The van der Waals surface area contributed by atoms with E-state index in [2.05, 4.69) is 43.6 Å². The first-order valence-corrected chi connectivity index (χ1v) is 9.37. The van der Waals surface area contributed by atoms with Crippen molar-refractivity contribution in [2.75, 3.05) is 0 Å². The van der Waals surface area contributed by atoms with E-state index in [-0.39, 0.29) is 0 Å². The van der Waals surface area contributed by atoms with Gasteiger partial charge in [0.2, 0.25) is 0 Å². The van der Waals surface area contributed by atoms with Crippen molar-refractivity contribution in [1.82, 2.24) is 0 Å². The summed E-state index contributed by atoms with van der Waals surface area (Å²) in [6.45, 7) is 8.28. The van der Waals surface area contributed by atoms with Crippen molar-refractivity contribution >= 4 is 27.3 Å². The third-order valence-electron chi connectivity index (χ3n) is 1.85. The molecule has 0 bridgehead atoms. The molecule has 1 unspecified atom stereocenters. The fraction of sp³-hybridized carbons (Fsp3) is 0.400. The summed E-state index contributed by atoms with van der Waals surface area (Å²) in [6, 6.07) is 0. The molecule has 90 valence electrons. The van der Waals surface area contributed by atoms with Crippen LogP contribution < -0.4 is 0 Å². The zero-order valence-corrected chi connectivity index (χ0v) is 14.1. The van der Waals surface area contributed by atoms with Crippen LogP contribution in [0.5, 0.6) is 0 Å². The lowest BCUT2D eigenvalue weighted by atomic mass is 10.4. The van der Waals surface area contributed by atoms with E-state index in [1.807, 2.05) is 0 Å². The number of rotatable bonds is 6. The van der Waals surface area contributed by atoms with Gasteiger partial charge in [0.25, 0.3) is 0 Å². The standard InChI is InChI=1S/C10H19O3PSi2/c1-8(2)6-15-10(5-13-14(11)12)16-7-9(3)4/h5-7H,15-16H2,1-4H3/p+1. The molecular weight excluding hydrogens is 255 g/mol. The highest BCUT2D eigenvalue weighted by Gasteiger charge is 2.09. The summed E-state index contributed by atoms with van der Waals surface area (Å²) in [6.07, 6.45) is 1.51. The van der Waals surface area contributed by atoms with Gasteiger partial charge >= 0.3 is 8.25 Å². The second-order valence-corrected chi connectivity index (χ2v) is 9.23. The quantitative estimate of drug-likeness (QED) is 0.455. The van der Waals surface area contributed by atoms with Crippen molar-refractivity contribution < 1.29 is 14.0 Å². The maximum atomic E-state index is 10.5. The minimum absolute atomic E-state index is 0.457. The van der Waals surface area contributed by atoms with Gasteiger partial charge in [0.05, 0.1) is 19.0 Å². The van der Waals surface area contributed by atoms with Crippen LogP contribution in [0.15, 0.2) is 33.6 Å². The van der Waals surface area contributed by atoms with Crippen LogP contribution in [0.4, 0.5) is 0 Å². The maximum Gasteiger partial charge on any atom is 0.746 e. The summed E-state index contributed by atoms with van der Waals surface area (Å²) < 4.78 is 15.1. The lowest BCUT2D eigenvalue weighted by Crippen LogP contribution is -2.02. The van der Waals surface area contributed by atoms with Gasteiger partial charge < -0.3 is 0 Å². The van der Waals surface area contributed by atoms with Crippen LogP contribution in [0.3, 0.4) is 0 Å². The average Bonchev–Trinajstić information content (AvgIpc) is 2.15. The fourth-order valence-corrected chi connectivity index (χ4v) is 4.72. The largest absolute Gasteiger partial charge is 0.746 e. The van der Waals surface area contributed by atoms with Crippen molar-refractivity contribution in [2.45, 2.75) is 27.7 Å². The monoisotopic (exact) mass is 275 g/mol. The molecule has 6 heteroatoms. The summed E-state index contributed by atoms with van der Waals surface area (Å²) >= 11 is 0. The van der Waals surface area contributed by atoms with Crippen LogP contribution in [0.2, 0.25) is 0 Å². The van der Waals surface area contributed by atoms with E-state index >= 15 is 0 Å². The molecule has 1 N–H and O–H groups in total. The van der Waals surface area contributed by atoms with E-state index in [0.29, 0.717) is 0 Å². The zero-order chi connectivity index (χ0) is 12.6. The van der Waals surface area contributed by atoms with Crippen LogP contribution in [0.25, 0.3) is 0 Å². The fourth-order valence-electron chi connectivity index (χ4n) is 0.970. The first-order chi connectivity index (χ1) is 7.41. The third kappa shape index (κ3) is 10.0. The maximum absolute atomic E-state index is 10.5. The first kappa shape index (κ1) is 15.5. The van der Waals surface area contributed by atoms with Gasteiger partial charge in [0, 0.05) is 4.57 Å². The smallest absolute Gasteiger partial charge is 0.238 e. The molecule has 0 aromatic heterocycles. The summed E-state index contributed by atoms with van der Waals surface area (Å²) in [7, 11) is -3.42. The lowest BCUT2D eigenvalue weighted by Gasteiger charge is -1.98. The average molecular weight is 275 g/mol. The molecule has 0 aromatic rings. The van der Waals surface area contributed by atoms with Gasteiger partial charge in [-0.15, -0.1) is 4.89 Å². The summed E-state index contributed by atoms with van der Waals surface area (Å²) in [4.78, 5) is 9.86. The highest BCUT2D eigenvalue weighted by atomic mass is 31.1. The molecule has 0 aliphatic heterocycles. The van der Waals surface area contributed by atoms with E-state index in [4.69, 9.17) is 4.89 Å². The van der Waals surface area contributed by atoms with Crippen LogP contribution in [-0.2, 0) is 9.09 Å². The molecule has 1 atom stereocenters. The van der Waals surface area contributed by atoms with Crippen LogP contribution >= 0.6 is 8.25 Å². The Morgan fingerprint density at radius 3 is 1.88 bits per heavy atom. The number of hydrogen-bond acceptors (Lipinski definition) is 2. The van der Waals surface area contributed by atoms with Gasteiger partial charge in [0.15, 0.2) is 0 Å². The minimum Gasteiger partial charge on any atom is -0.238 e. The molecule has 0 radical (unpaired) electrons. The van der Waals surface area contributed by atoms with Gasteiger partial charge in [-0.3, -0.25) is 0 Å². The van der Waals surface area contributed by atoms with Gasteiger partial charge in [-0.1, -0.05) is 27.4 Å². The van der Waals surface area contributed by atoms with E-state index in [1.165, 1.54) is 22.2 Å². The zero-order valence-electron chi connectivity index (χ0n) is 10.4. The summed E-state index contributed by atoms with van der Waals surface area (Å²) in [5.41, 5.74) is 7.09. The van der Waals surface area contributed by atoms with Crippen molar-refractivity contribution in [3.05, 3.63) is 33.6 Å². The van der Waals surface area contributed by atoms with Crippen LogP contribution in [0.1, 0.15) is 27.7 Å². The second kappa shape index (κ2) is 8.64. The molecule has 0 amide bonds. The van der Waals surface area contributed by atoms with Crippen molar-refractivity contribution in [3.63, 3.8) is 0 Å². The molecule has 16 heavy (non-hydrogen) atoms. The predicted octanol–water partition coefficient (Wildman–Crippen LogP) is 1.64.